The highest BCUT2D eigenvalue weighted by molar-refractivity contribution is 9.11. The molecule has 0 spiro atoms. The van der Waals surface area contributed by atoms with Crippen LogP contribution in [0.1, 0.15) is 116 Å². The fourth-order valence-electron chi connectivity index (χ4n) is 4.23. The van der Waals surface area contributed by atoms with Gasteiger partial charge in [0.15, 0.2) is 0 Å². The second-order valence-corrected chi connectivity index (χ2v) is 10.5. The second-order valence-electron chi connectivity index (χ2n) is 8.74. The Bertz CT molecular complexity index is 460. The summed E-state index contributed by atoms with van der Waals surface area (Å²) >= 11 is 7.84. The summed E-state index contributed by atoms with van der Waals surface area (Å²) in [5, 5.41) is 0. The van der Waals surface area contributed by atoms with Crippen LogP contribution in [0.4, 0.5) is 0 Å². The summed E-state index contributed by atoms with van der Waals surface area (Å²) in [6.07, 6.45) is 18.6. The predicted octanol–water partition coefficient (Wildman–Crippen LogP) is 10.3. The zero-order chi connectivity index (χ0) is 20.8. The Labute approximate surface area is 192 Å². The third-order valence-electron chi connectivity index (χ3n) is 6.10. The van der Waals surface area contributed by atoms with Crippen LogP contribution in [0.3, 0.4) is 0 Å². The Kier molecular flexibility index (Phi) is 14.9. The first-order valence-corrected chi connectivity index (χ1v) is 13.6. The zero-order valence-electron chi connectivity index (χ0n) is 19.0. The normalized spacial score (nSPS) is 11.7. The highest BCUT2D eigenvalue weighted by atomic mass is 79.9. The highest BCUT2D eigenvalue weighted by Crippen LogP contribution is 2.33. The van der Waals surface area contributed by atoms with Crippen molar-refractivity contribution in [2.24, 2.45) is 11.8 Å². The number of hydrogen-bond acceptors (Lipinski definition) is 0. The molecular weight excluding hydrogens is 472 g/mol. The van der Waals surface area contributed by atoms with E-state index in [1.807, 2.05) is 0 Å². The van der Waals surface area contributed by atoms with E-state index in [9.17, 15) is 0 Å². The molecule has 1 aromatic carbocycles. The SMILES string of the molecule is CCCCC(CCCC)Cc1cc(Br)c(CC(CCCC)CCCC)cc1Br. The number of benzene rings is 1. The van der Waals surface area contributed by atoms with Gasteiger partial charge in [0.05, 0.1) is 0 Å². The molecule has 0 aromatic heterocycles. The van der Waals surface area contributed by atoms with Crippen molar-refractivity contribution in [3.63, 3.8) is 0 Å². The lowest BCUT2D eigenvalue weighted by Crippen LogP contribution is -2.08. The Hall–Kier alpha value is 0.180. The van der Waals surface area contributed by atoms with Gasteiger partial charge in [-0.3, -0.25) is 0 Å². The molecule has 0 N–H and O–H groups in total. The third-order valence-corrected chi connectivity index (χ3v) is 7.57. The summed E-state index contributed by atoms with van der Waals surface area (Å²) in [6.45, 7) is 9.24. The molecule has 0 aliphatic heterocycles. The minimum absolute atomic E-state index is 0.829. The van der Waals surface area contributed by atoms with Gasteiger partial charge in [-0.25, -0.2) is 0 Å². The summed E-state index contributed by atoms with van der Waals surface area (Å²) in [5.41, 5.74) is 2.98. The van der Waals surface area contributed by atoms with Gasteiger partial charge in [0.2, 0.25) is 0 Å². The molecule has 162 valence electrons. The van der Waals surface area contributed by atoms with E-state index < -0.39 is 0 Å². The number of halogens is 2. The van der Waals surface area contributed by atoms with Gasteiger partial charge in [-0.15, -0.1) is 0 Å². The van der Waals surface area contributed by atoms with E-state index >= 15 is 0 Å². The highest BCUT2D eigenvalue weighted by Gasteiger charge is 2.16. The van der Waals surface area contributed by atoms with Crippen LogP contribution in [0, 0.1) is 11.8 Å². The predicted molar refractivity (Wildman–Crippen MR) is 134 cm³/mol. The molecule has 0 heterocycles. The number of rotatable bonds is 16. The van der Waals surface area contributed by atoms with Crippen molar-refractivity contribution < 1.29 is 0 Å². The van der Waals surface area contributed by atoms with Crippen LogP contribution in [0.15, 0.2) is 21.1 Å². The Morgan fingerprint density at radius 2 is 0.857 bits per heavy atom. The lowest BCUT2D eigenvalue weighted by atomic mass is 9.87. The Morgan fingerprint density at radius 3 is 1.11 bits per heavy atom. The molecule has 0 radical (unpaired) electrons. The molecule has 0 saturated heterocycles. The van der Waals surface area contributed by atoms with E-state index in [1.54, 1.807) is 0 Å². The van der Waals surface area contributed by atoms with E-state index in [4.69, 9.17) is 0 Å². The lowest BCUT2D eigenvalue weighted by Gasteiger charge is -2.20. The fraction of sp³-hybridized carbons (Fsp3) is 0.769. The average molecular weight is 516 g/mol. The lowest BCUT2D eigenvalue weighted by molar-refractivity contribution is 0.414. The number of hydrogen-bond donors (Lipinski definition) is 0. The van der Waals surface area contributed by atoms with Gasteiger partial charge in [-0.1, -0.05) is 137 Å². The second kappa shape index (κ2) is 15.9. The molecule has 0 bridgehead atoms. The summed E-state index contributed by atoms with van der Waals surface area (Å²) in [7, 11) is 0. The standard InChI is InChI=1S/C26H44Br2/c1-5-9-13-21(14-10-6-2)17-23-19-26(28)24(20-25(23)27)18-22(15-11-7-3)16-12-8-4/h19-22H,5-18H2,1-4H3. The molecule has 0 aliphatic rings. The van der Waals surface area contributed by atoms with Crippen LogP contribution in [0.2, 0.25) is 0 Å². The van der Waals surface area contributed by atoms with Crippen LogP contribution in [-0.2, 0) is 12.8 Å². The van der Waals surface area contributed by atoms with E-state index in [2.05, 4.69) is 71.7 Å². The minimum Gasteiger partial charge on any atom is -0.0654 e. The van der Waals surface area contributed by atoms with Crippen molar-refractivity contribution in [2.75, 3.05) is 0 Å². The van der Waals surface area contributed by atoms with Crippen molar-refractivity contribution in [3.8, 4) is 0 Å². The largest absolute Gasteiger partial charge is 0.0654 e. The van der Waals surface area contributed by atoms with Gasteiger partial charge < -0.3 is 0 Å². The molecule has 0 saturated carbocycles. The van der Waals surface area contributed by atoms with E-state index in [0.29, 0.717) is 0 Å². The van der Waals surface area contributed by atoms with Gasteiger partial charge in [0.25, 0.3) is 0 Å². The monoisotopic (exact) mass is 514 g/mol. The maximum absolute atomic E-state index is 3.92. The van der Waals surface area contributed by atoms with Gasteiger partial charge in [0, 0.05) is 8.95 Å². The third kappa shape index (κ3) is 10.3. The van der Waals surface area contributed by atoms with Crippen molar-refractivity contribution in [3.05, 3.63) is 32.2 Å². The molecule has 1 aromatic rings. The van der Waals surface area contributed by atoms with E-state index in [1.165, 1.54) is 110 Å². The molecular formula is C26H44Br2. The van der Waals surface area contributed by atoms with Crippen LogP contribution in [0.5, 0.6) is 0 Å². The quantitative estimate of drug-likeness (QED) is 0.205. The van der Waals surface area contributed by atoms with Crippen molar-refractivity contribution in [2.45, 2.75) is 118 Å². The van der Waals surface area contributed by atoms with Crippen LogP contribution < -0.4 is 0 Å². The fourth-order valence-corrected chi connectivity index (χ4v) is 5.34. The first kappa shape index (κ1) is 26.2. The molecule has 1 rings (SSSR count). The summed E-state index contributed by atoms with van der Waals surface area (Å²) in [5.74, 6) is 1.66. The zero-order valence-corrected chi connectivity index (χ0v) is 22.1. The molecule has 2 heteroatoms. The van der Waals surface area contributed by atoms with Crippen molar-refractivity contribution in [1.82, 2.24) is 0 Å². The summed E-state index contributed by atoms with van der Waals surface area (Å²) < 4.78 is 2.65. The summed E-state index contributed by atoms with van der Waals surface area (Å²) in [4.78, 5) is 0. The molecule has 0 unspecified atom stereocenters. The molecule has 0 nitrogen and oxygen atoms in total. The van der Waals surface area contributed by atoms with E-state index in [-0.39, 0.29) is 0 Å². The molecule has 0 aliphatic carbocycles. The maximum Gasteiger partial charge on any atom is 0.0210 e. The molecule has 0 atom stereocenters. The molecule has 0 amide bonds. The first-order chi connectivity index (χ1) is 13.5. The molecule has 0 fully saturated rings. The number of unbranched alkanes of at least 4 members (excludes halogenated alkanes) is 4. The van der Waals surface area contributed by atoms with Crippen molar-refractivity contribution >= 4 is 31.9 Å². The first-order valence-electron chi connectivity index (χ1n) is 12.0. The van der Waals surface area contributed by atoms with Crippen LogP contribution >= 0.6 is 31.9 Å². The Balaban J connectivity index is 2.85. The van der Waals surface area contributed by atoms with Gasteiger partial charge >= 0.3 is 0 Å². The average Bonchev–Trinajstić information content (AvgIpc) is 2.69. The van der Waals surface area contributed by atoms with Gasteiger partial charge in [0.1, 0.15) is 0 Å². The minimum atomic E-state index is 0.829. The van der Waals surface area contributed by atoms with Crippen LogP contribution in [0.25, 0.3) is 0 Å². The topological polar surface area (TPSA) is 0 Å². The van der Waals surface area contributed by atoms with Gasteiger partial charge in [-0.05, 0) is 47.9 Å². The van der Waals surface area contributed by atoms with Crippen molar-refractivity contribution in [1.29, 1.82) is 0 Å². The Morgan fingerprint density at radius 1 is 0.571 bits per heavy atom. The smallest absolute Gasteiger partial charge is 0.0210 e. The van der Waals surface area contributed by atoms with Crippen LogP contribution in [-0.4, -0.2) is 0 Å². The summed E-state index contributed by atoms with van der Waals surface area (Å²) in [6, 6.07) is 4.84. The molecule has 28 heavy (non-hydrogen) atoms. The van der Waals surface area contributed by atoms with Gasteiger partial charge in [-0.2, -0.15) is 0 Å². The van der Waals surface area contributed by atoms with E-state index in [0.717, 1.165) is 11.8 Å². The maximum atomic E-state index is 3.92.